The summed E-state index contributed by atoms with van der Waals surface area (Å²) < 4.78 is 0. The van der Waals surface area contributed by atoms with E-state index in [-0.39, 0.29) is 18.3 Å². The second-order valence-electron chi connectivity index (χ2n) is 6.75. The molecule has 2 aromatic carbocycles. The highest BCUT2D eigenvalue weighted by molar-refractivity contribution is 6.35. The number of aromatic nitrogens is 1. The predicted octanol–water partition coefficient (Wildman–Crippen LogP) is 3.29. The van der Waals surface area contributed by atoms with Crippen molar-refractivity contribution in [2.75, 3.05) is 13.1 Å². The van der Waals surface area contributed by atoms with Gasteiger partial charge in [0.25, 0.3) is 5.91 Å². The number of β-amino-alcohol motifs (C(OH)–C–C–N with tert-alkyl or cyclic N) is 1. The number of nitrogens with zero attached hydrogens (tertiary/aromatic N) is 1. The van der Waals surface area contributed by atoms with E-state index in [1.807, 2.05) is 36.4 Å². The predicted molar refractivity (Wildman–Crippen MR) is 113 cm³/mol. The molecule has 3 N–H and O–H groups in total. The highest BCUT2D eigenvalue weighted by Gasteiger charge is 2.43. The monoisotopic (exact) mass is 417 g/mol. The van der Waals surface area contributed by atoms with Crippen LogP contribution in [0.4, 0.5) is 0 Å². The summed E-state index contributed by atoms with van der Waals surface area (Å²) in [7, 11) is 0. The quantitative estimate of drug-likeness (QED) is 0.611. The summed E-state index contributed by atoms with van der Waals surface area (Å²) >= 11 is 6.38. The van der Waals surface area contributed by atoms with Crippen molar-refractivity contribution in [3.63, 3.8) is 0 Å². The molecule has 1 saturated heterocycles. The normalized spacial score (nSPS) is 21.7. The van der Waals surface area contributed by atoms with E-state index in [2.05, 4.69) is 15.6 Å². The van der Waals surface area contributed by atoms with E-state index in [0.29, 0.717) is 41.0 Å². The van der Waals surface area contributed by atoms with Crippen LogP contribution in [0, 0.1) is 0 Å². The molecule has 1 aliphatic heterocycles. The summed E-state index contributed by atoms with van der Waals surface area (Å²) in [6.07, 6.45) is 1.49. The van der Waals surface area contributed by atoms with Crippen molar-refractivity contribution in [3.05, 3.63) is 76.9 Å². The van der Waals surface area contributed by atoms with Crippen LogP contribution in [0.25, 0.3) is 10.9 Å². The van der Waals surface area contributed by atoms with Gasteiger partial charge in [0, 0.05) is 18.1 Å². The molecule has 1 fully saturated rings. The zero-order chi connectivity index (χ0) is 18.9. The number of pyridine rings is 1. The number of aliphatic hydroxyl groups is 1. The van der Waals surface area contributed by atoms with Gasteiger partial charge in [0.15, 0.2) is 0 Å². The maximum absolute atomic E-state index is 13.3. The van der Waals surface area contributed by atoms with Gasteiger partial charge in [0.1, 0.15) is 0 Å². The Kier molecular flexibility index (Phi) is 6.20. The van der Waals surface area contributed by atoms with Crippen LogP contribution in [0.15, 0.2) is 60.8 Å². The molecule has 3 aromatic rings. The minimum atomic E-state index is -0.878. The summed E-state index contributed by atoms with van der Waals surface area (Å²) in [5, 5.41) is 18.2. The van der Waals surface area contributed by atoms with Crippen LogP contribution < -0.4 is 10.6 Å². The minimum absolute atomic E-state index is 0. The van der Waals surface area contributed by atoms with E-state index < -0.39 is 11.6 Å². The molecular weight excluding hydrogens is 397 g/mol. The summed E-state index contributed by atoms with van der Waals surface area (Å²) in [5.74, 6) is -0.316. The first-order valence-corrected chi connectivity index (χ1v) is 9.30. The van der Waals surface area contributed by atoms with Crippen LogP contribution in [-0.2, 0) is 5.54 Å². The molecule has 0 aliphatic carbocycles. The first-order valence-electron chi connectivity index (χ1n) is 8.92. The van der Waals surface area contributed by atoms with Crippen molar-refractivity contribution in [3.8, 4) is 0 Å². The molecule has 7 heteroatoms. The minimum Gasteiger partial charge on any atom is -0.389 e. The highest BCUT2D eigenvalue weighted by atomic mass is 35.5. The summed E-state index contributed by atoms with van der Waals surface area (Å²) in [5.41, 5.74) is 1.08. The number of hydrogen-bond acceptors (Lipinski definition) is 4. The molecule has 0 radical (unpaired) electrons. The molecule has 0 bridgehead atoms. The van der Waals surface area contributed by atoms with Crippen LogP contribution in [0.1, 0.15) is 22.3 Å². The van der Waals surface area contributed by atoms with E-state index >= 15 is 0 Å². The zero-order valence-corrected chi connectivity index (χ0v) is 16.6. The van der Waals surface area contributed by atoms with E-state index in [0.717, 1.165) is 5.56 Å². The van der Waals surface area contributed by atoms with Crippen molar-refractivity contribution in [2.45, 2.75) is 18.1 Å². The number of benzene rings is 2. The van der Waals surface area contributed by atoms with Gasteiger partial charge in [0.2, 0.25) is 0 Å². The standard InChI is InChI=1S/C21H20ClN3O2.ClH/c22-16-8-9-17-15(7-4-11-24-17)19(16)20(27)25-21(10-12-23-13-18(21)26)14-5-2-1-3-6-14;/h1-9,11,18,23,26H,10,12-13H2,(H,25,27);1H/t18-,21-;/m1./s1. The summed E-state index contributed by atoms with van der Waals surface area (Å²) in [6.45, 7) is 1.09. The van der Waals surface area contributed by atoms with Crippen LogP contribution in [-0.4, -0.2) is 35.2 Å². The number of aliphatic hydroxyl groups excluding tert-OH is 1. The molecule has 0 unspecified atom stereocenters. The Morgan fingerprint density at radius 2 is 1.96 bits per heavy atom. The van der Waals surface area contributed by atoms with Gasteiger partial charge in [-0.1, -0.05) is 48.0 Å². The Balaban J connectivity index is 0.00000225. The number of amides is 1. The Morgan fingerprint density at radius 3 is 2.71 bits per heavy atom. The highest BCUT2D eigenvalue weighted by Crippen LogP contribution is 2.33. The van der Waals surface area contributed by atoms with Gasteiger partial charge in [-0.05, 0) is 36.7 Å². The maximum atomic E-state index is 13.3. The van der Waals surface area contributed by atoms with Gasteiger partial charge >= 0.3 is 0 Å². The molecule has 1 aromatic heterocycles. The lowest BCUT2D eigenvalue weighted by Gasteiger charge is -2.43. The number of rotatable bonds is 3. The summed E-state index contributed by atoms with van der Waals surface area (Å²) in [6, 6.07) is 16.7. The lowest BCUT2D eigenvalue weighted by molar-refractivity contribution is 0.0290. The first-order chi connectivity index (χ1) is 13.1. The van der Waals surface area contributed by atoms with Gasteiger partial charge < -0.3 is 15.7 Å². The van der Waals surface area contributed by atoms with E-state index in [1.165, 1.54) is 0 Å². The largest absolute Gasteiger partial charge is 0.389 e. The van der Waals surface area contributed by atoms with Crippen molar-refractivity contribution in [1.82, 2.24) is 15.6 Å². The molecule has 4 rings (SSSR count). The Morgan fingerprint density at radius 1 is 1.18 bits per heavy atom. The number of carbonyl (C=O) groups excluding carboxylic acids is 1. The molecule has 2 atom stereocenters. The fourth-order valence-electron chi connectivity index (χ4n) is 3.78. The number of hydrogen-bond donors (Lipinski definition) is 3. The van der Waals surface area contributed by atoms with Crippen LogP contribution in [0.5, 0.6) is 0 Å². The molecule has 1 aliphatic rings. The van der Waals surface area contributed by atoms with Crippen molar-refractivity contribution in [2.24, 2.45) is 0 Å². The molecule has 1 amide bonds. The van der Waals surface area contributed by atoms with E-state index in [1.54, 1.807) is 24.4 Å². The first kappa shape index (κ1) is 20.6. The number of carbonyl (C=O) groups is 1. The molecular formula is C21H21Cl2N3O2. The van der Waals surface area contributed by atoms with Crippen molar-refractivity contribution in [1.29, 1.82) is 0 Å². The molecule has 0 spiro atoms. The van der Waals surface area contributed by atoms with E-state index in [9.17, 15) is 9.90 Å². The maximum Gasteiger partial charge on any atom is 0.254 e. The van der Waals surface area contributed by atoms with Gasteiger partial charge in [-0.2, -0.15) is 0 Å². The van der Waals surface area contributed by atoms with Crippen molar-refractivity contribution < 1.29 is 9.90 Å². The Bertz CT molecular complexity index is 984. The average molecular weight is 418 g/mol. The van der Waals surface area contributed by atoms with Gasteiger partial charge in [-0.25, -0.2) is 0 Å². The lowest BCUT2D eigenvalue weighted by Crippen LogP contribution is -2.61. The molecule has 5 nitrogen and oxygen atoms in total. The van der Waals surface area contributed by atoms with Crippen molar-refractivity contribution >= 4 is 40.8 Å². The fourth-order valence-corrected chi connectivity index (χ4v) is 4.03. The number of nitrogens with one attached hydrogen (secondary N) is 2. The van der Waals surface area contributed by atoms with Gasteiger partial charge in [-0.15, -0.1) is 12.4 Å². The number of piperidine rings is 1. The second kappa shape index (κ2) is 8.45. The SMILES string of the molecule is Cl.O=C(N[C@@]1(c2ccccc2)CCNC[C@H]1O)c1c(Cl)ccc2ncccc12. The molecule has 146 valence electrons. The molecule has 28 heavy (non-hydrogen) atoms. The van der Waals surface area contributed by atoms with Crippen LogP contribution in [0.2, 0.25) is 5.02 Å². The van der Waals surface area contributed by atoms with Crippen LogP contribution >= 0.6 is 24.0 Å². The molecule has 0 saturated carbocycles. The topological polar surface area (TPSA) is 74.2 Å². The third kappa shape index (κ3) is 3.59. The lowest BCUT2D eigenvalue weighted by atomic mass is 9.79. The third-order valence-corrected chi connectivity index (χ3v) is 5.50. The zero-order valence-electron chi connectivity index (χ0n) is 15.1. The van der Waals surface area contributed by atoms with Gasteiger partial charge in [-0.3, -0.25) is 9.78 Å². The third-order valence-electron chi connectivity index (χ3n) is 5.19. The Hall–Kier alpha value is -2.18. The second-order valence-corrected chi connectivity index (χ2v) is 7.16. The van der Waals surface area contributed by atoms with E-state index in [4.69, 9.17) is 11.6 Å². The summed E-state index contributed by atoms with van der Waals surface area (Å²) in [4.78, 5) is 17.6. The fraction of sp³-hybridized carbons (Fsp3) is 0.238. The molecule has 2 heterocycles. The smallest absolute Gasteiger partial charge is 0.254 e. The average Bonchev–Trinajstić information content (AvgIpc) is 2.70. The van der Waals surface area contributed by atoms with Gasteiger partial charge in [0.05, 0.1) is 27.7 Å². The number of halogens is 2. The number of fused-ring (bicyclic) bond motifs is 1. The van der Waals surface area contributed by atoms with Crippen LogP contribution in [0.3, 0.4) is 0 Å². The Labute approximate surface area is 174 Å².